The van der Waals surface area contributed by atoms with E-state index in [2.05, 4.69) is 217 Å². The van der Waals surface area contributed by atoms with Crippen LogP contribution in [0.5, 0.6) is 0 Å². The first kappa shape index (κ1) is 32.4. The third-order valence-corrected chi connectivity index (χ3v) is 12.9. The third kappa shape index (κ3) is 4.67. The molecule has 272 valence electrons. The maximum Gasteiger partial charge on any atom is 0.0620 e. The van der Waals surface area contributed by atoms with Gasteiger partial charge in [-0.1, -0.05) is 200 Å². The van der Waals surface area contributed by atoms with Gasteiger partial charge in [0.15, 0.2) is 0 Å². The molecule has 1 heteroatoms. The van der Waals surface area contributed by atoms with Crippen LogP contribution in [0, 0.1) is 0 Å². The molecule has 0 fully saturated rings. The summed E-state index contributed by atoms with van der Waals surface area (Å²) in [4.78, 5) is 0. The Labute approximate surface area is 341 Å². The first-order valence-electron chi connectivity index (χ1n) is 20.5. The van der Waals surface area contributed by atoms with Crippen molar-refractivity contribution in [2.24, 2.45) is 0 Å². The summed E-state index contributed by atoms with van der Waals surface area (Å²) in [6.45, 7) is 0. The first-order chi connectivity index (χ1) is 29.3. The van der Waals surface area contributed by atoms with Gasteiger partial charge in [0, 0.05) is 21.5 Å². The molecule has 0 atom stereocenters. The van der Waals surface area contributed by atoms with Crippen LogP contribution in [-0.2, 0) is 0 Å². The van der Waals surface area contributed by atoms with Gasteiger partial charge in [0.25, 0.3) is 0 Å². The van der Waals surface area contributed by atoms with Crippen molar-refractivity contribution in [1.82, 2.24) is 4.40 Å². The van der Waals surface area contributed by atoms with Gasteiger partial charge in [0.1, 0.15) is 0 Å². The molecule has 0 spiro atoms. The van der Waals surface area contributed by atoms with Crippen LogP contribution in [0.2, 0.25) is 0 Å². The Morgan fingerprint density at radius 1 is 0.254 bits per heavy atom. The van der Waals surface area contributed by atoms with Crippen LogP contribution < -0.4 is 0 Å². The fourth-order valence-electron chi connectivity index (χ4n) is 10.3. The van der Waals surface area contributed by atoms with Crippen molar-refractivity contribution >= 4 is 81.2 Å². The lowest BCUT2D eigenvalue weighted by Gasteiger charge is -2.14. The summed E-state index contributed by atoms with van der Waals surface area (Å²) in [5.74, 6) is 0. The molecule has 59 heavy (non-hydrogen) atoms. The predicted octanol–water partition coefficient (Wildman–Crippen LogP) is 16.1. The maximum absolute atomic E-state index is 2.57. The first-order valence-corrected chi connectivity index (χ1v) is 20.5. The van der Waals surface area contributed by atoms with E-state index < -0.39 is 0 Å². The van der Waals surface area contributed by atoms with Gasteiger partial charge < -0.3 is 4.40 Å². The molecule has 1 nitrogen and oxygen atoms in total. The van der Waals surface area contributed by atoms with Gasteiger partial charge in [-0.15, -0.1) is 0 Å². The molecule has 11 aromatic carbocycles. The van der Waals surface area contributed by atoms with Gasteiger partial charge in [-0.05, 0) is 99.7 Å². The monoisotopic (exact) mass is 745 g/mol. The van der Waals surface area contributed by atoms with E-state index in [0.717, 1.165) is 0 Å². The molecule has 0 aliphatic heterocycles. The Hall–Kier alpha value is -7.74. The second-order valence-corrected chi connectivity index (χ2v) is 16.0. The minimum absolute atomic E-state index is 1.23. The number of aromatic nitrogens is 1. The summed E-state index contributed by atoms with van der Waals surface area (Å²) in [6, 6.07) is 78.7. The molecule has 0 radical (unpaired) electrons. The van der Waals surface area contributed by atoms with Gasteiger partial charge in [-0.2, -0.15) is 0 Å². The van der Waals surface area contributed by atoms with Crippen LogP contribution in [0.25, 0.3) is 126 Å². The van der Waals surface area contributed by atoms with E-state index in [0.29, 0.717) is 0 Å². The molecule has 0 N–H and O–H groups in total. The van der Waals surface area contributed by atoms with Gasteiger partial charge in [-0.25, -0.2) is 0 Å². The molecule has 2 aromatic heterocycles. The van der Waals surface area contributed by atoms with Crippen molar-refractivity contribution in [3.63, 3.8) is 0 Å². The highest BCUT2D eigenvalue weighted by Crippen LogP contribution is 2.49. The SMILES string of the molecule is c1ccc2c(-c3ccc(-c4c5ccccc5cc5c4c4cccc6c7c(-c8ccc(-c9cccc%10ccccc9%10)cc8)c8ccccc8cc7n5c46)cc3)cccc2c1. The zero-order chi connectivity index (χ0) is 38.6. The number of benzene rings is 11. The number of rotatable bonds is 4. The van der Waals surface area contributed by atoms with Gasteiger partial charge in [0.2, 0.25) is 0 Å². The van der Waals surface area contributed by atoms with Gasteiger partial charge >= 0.3 is 0 Å². The van der Waals surface area contributed by atoms with E-state index in [9.17, 15) is 0 Å². The molecule has 0 saturated carbocycles. The average Bonchev–Trinajstić information content (AvgIpc) is 3.82. The molecule has 0 bridgehead atoms. The van der Waals surface area contributed by atoms with Crippen LogP contribution >= 0.6 is 0 Å². The summed E-state index contributed by atoms with van der Waals surface area (Å²) < 4.78 is 2.57. The van der Waals surface area contributed by atoms with Crippen molar-refractivity contribution in [3.8, 4) is 44.5 Å². The van der Waals surface area contributed by atoms with Crippen molar-refractivity contribution in [2.45, 2.75) is 0 Å². The molecule has 0 unspecified atom stereocenters. The Kier molecular flexibility index (Phi) is 6.79. The smallest absolute Gasteiger partial charge is 0.0620 e. The molecular weight excluding hydrogens is 711 g/mol. The van der Waals surface area contributed by atoms with Gasteiger partial charge in [0.05, 0.1) is 16.6 Å². The Morgan fingerprint density at radius 2 is 0.593 bits per heavy atom. The second-order valence-electron chi connectivity index (χ2n) is 16.0. The van der Waals surface area contributed by atoms with E-state index in [4.69, 9.17) is 0 Å². The summed E-state index contributed by atoms with van der Waals surface area (Å²) in [5, 5.41) is 15.3. The Morgan fingerprint density at radius 3 is 1.05 bits per heavy atom. The zero-order valence-corrected chi connectivity index (χ0v) is 32.2. The Bertz CT molecular complexity index is 3550. The minimum Gasteiger partial charge on any atom is -0.308 e. The minimum atomic E-state index is 1.23. The van der Waals surface area contributed by atoms with E-state index in [-0.39, 0.29) is 0 Å². The third-order valence-electron chi connectivity index (χ3n) is 12.9. The van der Waals surface area contributed by atoms with Crippen LogP contribution in [0.3, 0.4) is 0 Å². The van der Waals surface area contributed by atoms with Crippen LogP contribution in [0.1, 0.15) is 0 Å². The molecule has 13 aromatic rings. The van der Waals surface area contributed by atoms with Crippen molar-refractivity contribution in [3.05, 3.63) is 212 Å². The lowest BCUT2D eigenvalue weighted by atomic mass is 9.90. The fourth-order valence-corrected chi connectivity index (χ4v) is 10.3. The van der Waals surface area contributed by atoms with E-state index >= 15 is 0 Å². The maximum atomic E-state index is 2.57. The molecule has 0 amide bonds. The van der Waals surface area contributed by atoms with Crippen molar-refractivity contribution in [2.75, 3.05) is 0 Å². The standard InChI is InChI=1S/C58H35N/c1-5-18-44-36(12-1)16-9-22-46(44)38-26-30-40(31-27-38)54-48-20-7-3-14-42(48)34-52-56(54)50-24-11-25-51-57-53(59(52)58(50)51)35-43-15-4-8-21-49(43)55(57)41-32-28-39(29-33-41)47-23-10-17-37-13-2-6-19-45(37)47/h1-35H. The highest BCUT2D eigenvalue weighted by Gasteiger charge is 2.24. The molecule has 0 aliphatic carbocycles. The van der Waals surface area contributed by atoms with Crippen molar-refractivity contribution < 1.29 is 0 Å². The summed E-state index contributed by atoms with van der Waals surface area (Å²) in [5.41, 5.74) is 13.8. The summed E-state index contributed by atoms with van der Waals surface area (Å²) in [6.07, 6.45) is 0. The highest BCUT2D eigenvalue weighted by molar-refractivity contribution is 6.32. The van der Waals surface area contributed by atoms with Crippen LogP contribution in [0.15, 0.2) is 212 Å². The molecule has 0 saturated heterocycles. The lowest BCUT2D eigenvalue weighted by molar-refractivity contribution is 1.38. The van der Waals surface area contributed by atoms with E-state index in [1.54, 1.807) is 0 Å². The number of nitrogens with zero attached hydrogens (tertiary/aromatic N) is 1. The van der Waals surface area contributed by atoms with Crippen LogP contribution in [-0.4, -0.2) is 4.40 Å². The van der Waals surface area contributed by atoms with E-state index in [1.807, 2.05) is 0 Å². The zero-order valence-electron chi connectivity index (χ0n) is 32.2. The summed E-state index contributed by atoms with van der Waals surface area (Å²) in [7, 11) is 0. The number of fused-ring (bicyclic) bond motifs is 10. The van der Waals surface area contributed by atoms with Gasteiger partial charge in [-0.3, -0.25) is 0 Å². The second kappa shape index (κ2) is 12.4. The van der Waals surface area contributed by atoms with Crippen molar-refractivity contribution in [1.29, 1.82) is 0 Å². The predicted molar refractivity (Wildman–Crippen MR) is 253 cm³/mol. The molecule has 0 aliphatic rings. The normalized spacial score (nSPS) is 12.1. The molecular formula is C58H35N. The number of hydrogen-bond donors (Lipinski definition) is 0. The van der Waals surface area contributed by atoms with Crippen LogP contribution in [0.4, 0.5) is 0 Å². The van der Waals surface area contributed by atoms with E-state index in [1.165, 1.54) is 126 Å². The lowest BCUT2D eigenvalue weighted by Crippen LogP contribution is -1.89. The topological polar surface area (TPSA) is 4.41 Å². The molecule has 13 rings (SSSR count). The largest absolute Gasteiger partial charge is 0.308 e. The highest BCUT2D eigenvalue weighted by atomic mass is 14.9. The number of para-hydroxylation sites is 1. The fraction of sp³-hybridized carbons (Fsp3) is 0. The molecule has 2 heterocycles. The Balaban J connectivity index is 1.07. The quantitative estimate of drug-likeness (QED) is 0.169. The number of hydrogen-bond acceptors (Lipinski definition) is 0. The average molecular weight is 746 g/mol. The summed E-state index contributed by atoms with van der Waals surface area (Å²) >= 11 is 0.